The van der Waals surface area contributed by atoms with E-state index in [9.17, 15) is 15.0 Å². The number of unbranched alkanes of at least 4 members (excludes halogenated alkanes) is 2. The Hall–Kier alpha value is -4.71. The summed E-state index contributed by atoms with van der Waals surface area (Å²) in [7, 11) is 0. The number of nitrogens with one attached hydrogen (secondary N) is 1. The molecule has 0 radical (unpaired) electrons. The molecule has 1 aliphatic heterocycles. The van der Waals surface area contributed by atoms with Crippen molar-refractivity contribution in [2.45, 2.75) is 109 Å². The first-order valence-corrected chi connectivity index (χ1v) is 21.5. The SMILES string of the molecule is C=CCOC12Oc3ccc(OC(=O)NCC)cc3C3C(CCCCO)C(CCCCO)C=C(C(=NOC(C)(C)C)CC1N(CCC)C(=O)c1ccc4ccccc4c1)C32. The maximum atomic E-state index is 15.1. The van der Waals surface area contributed by atoms with E-state index in [-0.39, 0.29) is 43.5 Å². The van der Waals surface area contributed by atoms with E-state index in [0.29, 0.717) is 55.8 Å². The minimum atomic E-state index is -1.40. The second-order valence-corrected chi connectivity index (χ2v) is 17.0. The van der Waals surface area contributed by atoms with E-state index < -0.39 is 29.4 Å². The highest BCUT2D eigenvalue weighted by atomic mass is 16.7. The smallest absolute Gasteiger partial charge is 0.412 e. The van der Waals surface area contributed by atoms with Crippen molar-refractivity contribution in [3.05, 3.63) is 96.1 Å². The van der Waals surface area contributed by atoms with Crippen LogP contribution in [0.4, 0.5) is 4.79 Å². The summed E-state index contributed by atoms with van der Waals surface area (Å²) in [6.07, 6.45) is 9.02. The molecule has 1 saturated carbocycles. The lowest BCUT2D eigenvalue weighted by molar-refractivity contribution is -0.254. The molecule has 0 spiro atoms. The highest BCUT2D eigenvalue weighted by molar-refractivity contribution is 6.04. The van der Waals surface area contributed by atoms with Crippen LogP contribution in [-0.4, -0.2) is 83.2 Å². The van der Waals surface area contributed by atoms with Gasteiger partial charge in [0.2, 0.25) is 5.79 Å². The van der Waals surface area contributed by atoms with Gasteiger partial charge in [0, 0.05) is 49.8 Å². The number of ether oxygens (including phenoxy) is 3. The first kappa shape index (κ1) is 43.9. The second-order valence-electron chi connectivity index (χ2n) is 17.0. The van der Waals surface area contributed by atoms with Crippen LogP contribution in [0.3, 0.4) is 0 Å². The standard InChI is InChI=1S/C48H63N3O8/c1-7-24-51(45(54)35-21-20-32-16-10-11-17-33(32)28-35)42-31-40(50-59-47(4,5)6)38-29-34(18-12-14-25-52)37(19-13-15-26-53)43-39-30-36(57-46(55)49-9-3)22-23-41(39)58-48(42,44(38)43)56-27-8-2/h8,10-11,16-17,20-23,28-30,34,37,42-44,52-53H,2,7,9,12-15,18-19,24-27,31H2,1,3-6H3,(H,49,55). The Morgan fingerprint density at radius 2 is 1.75 bits per heavy atom. The molecule has 3 N–H and O–H groups in total. The third-order valence-electron chi connectivity index (χ3n) is 11.7. The predicted octanol–water partition coefficient (Wildman–Crippen LogP) is 8.93. The second kappa shape index (κ2) is 19.6. The van der Waals surface area contributed by atoms with E-state index in [0.717, 1.165) is 53.3 Å². The van der Waals surface area contributed by atoms with Crippen LogP contribution < -0.4 is 14.8 Å². The number of amides is 2. The Bertz CT molecular complexity index is 2010. The van der Waals surface area contributed by atoms with Crippen LogP contribution in [0.25, 0.3) is 10.8 Å². The number of oxime groups is 1. The van der Waals surface area contributed by atoms with Gasteiger partial charge in [-0.3, -0.25) is 4.79 Å². The molecule has 2 aliphatic carbocycles. The zero-order valence-electron chi connectivity index (χ0n) is 35.5. The molecule has 6 atom stereocenters. The Kier molecular flexibility index (Phi) is 14.5. The van der Waals surface area contributed by atoms with E-state index in [4.69, 9.17) is 24.2 Å². The number of aliphatic hydroxyl groups is 2. The number of allylic oxidation sites excluding steroid dienone is 1. The average Bonchev–Trinajstić information content (AvgIpc) is 3.22. The molecule has 11 nitrogen and oxygen atoms in total. The molecule has 3 aromatic carbocycles. The lowest BCUT2D eigenvalue weighted by Crippen LogP contribution is -2.70. The Morgan fingerprint density at radius 3 is 2.44 bits per heavy atom. The summed E-state index contributed by atoms with van der Waals surface area (Å²) in [6.45, 7) is 15.0. The van der Waals surface area contributed by atoms with Crippen LogP contribution >= 0.6 is 0 Å². The highest BCUT2D eigenvalue weighted by Gasteiger charge is 2.65. The fraction of sp³-hybridized carbons (Fsp3) is 0.521. The van der Waals surface area contributed by atoms with Crippen LogP contribution in [0.5, 0.6) is 11.5 Å². The fourth-order valence-corrected chi connectivity index (χ4v) is 9.32. The maximum absolute atomic E-state index is 15.1. The van der Waals surface area contributed by atoms with Gasteiger partial charge in [0.1, 0.15) is 23.1 Å². The van der Waals surface area contributed by atoms with Gasteiger partial charge in [0.25, 0.3) is 5.91 Å². The van der Waals surface area contributed by atoms with E-state index in [1.54, 1.807) is 12.1 Å². The Balaban J connectivity index is 1.61. The van der Waals surface area contributed by atoms with Crippen LogP contribution in [0.15, 0.2) is 90.1 Å². The monoisotopic (exact) mass is 809 g/mol. The van der Waals surface area contributed by atoms with Gasteiger partial charge in [-0.2, -0.15) is 0 Å². The molecular formula is C48H63N3O8. The summed E-state index contributed by atoms with van der Waals surface area (Å²) in [4.78, 5) is 36.0. The molecule has 6 rings (SSSR count). The summed E-state index contributed by atoms with van der Waals surface area (Å²) >= 11 is 0. The van der Waals surface area contributed by atoms with Crippen molar-refractivity contribution in [3.63, 3.8) is 0 Å². The van der Waals surface area contributed by atoms with Gasteiger partial charge in [-0.15, -0.1) is 6.58 Å². The molecule has 0 saturated heterocycles. The van der Waals surface area contributed by atoms with Crippen LogP contribution in [-0.2, 0) is 9.57 Å². The molecule has 1 fully saturated rings. The van der Waals surface area contributed by atoms with Crippen molar-refractivity contribution in [1.82, 2.24) is 10.2 Å². The van der Waals surface area contributed by atoms with Crippen molar-refractivity contribution in [1.29, 1.82) is 0 Å². The van der Waals surface area contributed by atoms with E-state index in [2.05, 4.69) is 24.9 Å². The zero-order valence-corrected chi connectivity index (χ0v) is 35.5. The predicted molar refractivity (Wildman–Crippen MR) is 231 cm³/mol. The number of rotatable bonds is 18. The van der Waals surface area contributed by atoms with E-state index in [1.165, 1.54) is 0 Å². The van der Waals surface area contributed by atoms with Gasteiger partial charge in [0.05, 0.1) is 18.2 Å². The molecule has 318 valence electrons. The summed E-state index contributed by atoms with van der Waals surface area (Å²) in [6, 6.07) is 18.7. The van der Waals surface area contributed by atoms with Crippen molar-refractivity contribution in [3.8, 4) is 11.5 Å². The lowest BCUT2D eigenvalue weighted by Gasteiger charge is -2.60. The van der Waals surface area contributed by atoms with Gasteiger partial charge in [-0.25, -0.2) is 4.79 Å². The van der Waals surface area contributed by atoms with Gasteiger partial charge in [-0.05, 0) is 118 Å². The number of nitrogens with zero attached hydrogens (tertiary/aromatic N) is 2. The molecule has 3 aliphatic rings. The topological polar surface area (TPSA) is 139 Å². The minimum Gasteiger partial charge on any atom is -0.459 e. The number of fused-ring (bicyclic) bond motifs is 3. The number of hydrogen-bond donors (Lipinski definition) is 3. The first-order valence-electron chi connectivity index (χ1n) is 21.5. The zero-order chi connectivity index (χ0) is 42.2. The summed E-state index contributed by atoms with van der Waals surface area (Å²) in [5.74, 6) is -1.19. The van der Waals surface area contributed by atoms with Crippen LogP contribution in [0, 0.1) is 17.8 Å². The molecule has 0 bridgehead atoms. The van der Waals surface area contributed by atoms with E-state index >= 15 is 4.79 Å². The molecule has 0 aromatic heterocycles. The summed E-state index contributed by atoms with van der Waals surface area (Å²) < 4.78 is 20.2. The molecule has 3 aromatic rings. The normalized spacial score (nSPS) is 24.0. The first-order chi connectivity index (χ1) is 28.5. The number of benzene rings is 3. The third kappa shape index (κ3) is 9.69. The third-order valence-corrected chi connectivity index (χ3v) is 11.7. The van der Waals surface area contributed by atoms with Crippen LogP contribution in [0.1, 0.15) is 108 Å². The molecule has 11 heteroatoms. The summed E-state index contributed by atoms with van der Waals surface area (Å²) in [5, 5.41) is 29.5. The quantitative estimate of drug-likeness (QED) is 0.0658. The van der Waals surface area contributed by atoms with Gasteiger partial charge >= 0.3 is 6.09 Å². The maximum Gasteiger partial charge on any atom is 0.412 e. The van der Waals surface area contributed by atoms with Crippen molar-refractivity contribution in [2.24, 2.45) is 22.9 Å². The van der Waals surface area contributed by atoms with Gasteiger partial charge in [-0.1, -0.05) is 67.4 Å². The largest absolute Gasteiger partial charge is 0.459 e. The van der Waals surface area contributed by atoms with Crippen molar-refractivity contribution in [2.75, 3.05) is 32.9 Å². The number of carbonyl (C=O) groups excluding carboxylic acids is 2. The van der Waals surface area contributed by atoms with Crippen molar-refractivity contribution < 1.29 is 38.9 Å². The average molecular weight is 810 g/mol. The van der Waals surface area contributed by atoms with E-state index in [1.807, 2.05) is 87.2 Å². The van der Waals surface area contributed by atoms with Gasteiger partial charge < -0.3 is 39.5 Å². The number of aliphatic hydroxyl groups excluding tert-OH is 2. The highest BCUT2D eigenvalue weighted by Crippen LogP contribution is 2.62. The Morgan fingerprint density at radius 1 is 1.00 bits per heavy atom. The minimum absolute atomic E-state index is 0.0300. The lowest BCUT2D eigenvalue weighted by atomic mass is 9.55. The fourth-order valence-electron chi connectivity index (χ4n) is 9.32. The van der Waals surface area contributed by atoms with Crippen LogP contribution in [0.2, 0.25) is 0 Å². The molecule has 6 unspecified atom stereocenters. The Labute approximate surface area is 349 Å². The summed E-state index contributed by atoms with van der Waals surface area (Å²) in [5.41, 5.74) is 2.52. The number of carbonyl (C=O) groups is 2. The molecule has 59 heavy (non-hydrogen) atoms. The molecular weight excluding hydrogens is 747 g/mol. The number of hydrogen-bond acceptors (Lipinski definition) is 9. The van der Waals surface area contributed by atoms with Gasteiger partial charge in [0.15, 0.2) is 0 Å². The molecule has 1 heterocycles. The molecule has 2 amide bonds. The van der Waals surface area contributed by atoms with Crippen molar-refractivity contribution >= 4 is 28.5 Å².